The van der Waals surface area contributed by atoms with Crippen LogP contribution in [-0.4, -0.2) is 23.2 Å². The first-order valence-corrected chi connectivity index (χ1v) is 9.12. The average molecular weight is 364 g/mol. The number of carbonyl (C=O) groups excluding carboxylic acids is 1. The highest BCUT2D eigenvalue weighted by molar-refractivity contribution is 5.94. The van der Waals surface area contributed by atoms with E-state index in [1.165, 1.54) is 12.1 Å². The number of amides is 1. The highest BCUT2D eigenvalue weighted by Gasteiger charge is 2.29. The van der Waals surface area contributed by atoms with Gasteiger partial charge in [-0.05, 0) is 66.9 Å². The summed E-state index contributed by atoms with van der Waals surface area (Å²) in [5.41, 5.74) is 2.42. The molecule has 0 radical (unpaired) electrons. The number of carbonyl (C=O) groups is 1. The van der Waals surface area contributed by atoms with Crippen molar-refractivity contribution in [3.63, 3.8) is 0 Å². The minimum Gasteiger partial charge on any atom is -0.376 e. The van der Waals surface area contributed by atoms with E-state index in [2.05, 4.69) is 5.32 Å². The molecule has 4 rings (SSSR count). The Labute approximate surface area is 157 Å². The third-order valence-corrected chi connectivity index (χ3v) is 4.88. The van der Waals surface area contributed by atoms with Crippen LogP contribution in [0.2, 0.25) is 0 Å². The molecule has 1 amide bonds. The maximum Gasteiger partial charge on any atom is 0.251 e. The van der Waals surface area contributed by atoms with Crippen molar-refractivity contribution in [2.45, 2.75) is 25.0 Å². The van der Waals surface area contributed by atoms with E-state index in [0.717, 1.165) is 24.1 Å². The minimum atomic E-state index is -0.301. The normalized spacial score (nSPS) is 17.6. The van der Waals surface area contributed by atoms with Gasteiger partial charge in [-0.3, -0.25) is 4.79 Å². The molecule has 4 nitrogen and oxygen atoms in total. The molecule has 27 heavy (non-hydrogen) atoms. The van der Waals surface area contributed by atoms with Crippen molar-refractivity contribution in [1.82, 2.24) is 9.88 Å². The smallest absolute Gasteiger partial charge is 0.251 e. The van der Waals surface area contributed by atoms with E-state index in [0.29, 0.717) is 12.2 Å². The van der Waals surface area contributed by atoms with Crippen molar-refractivity contribution in [1.29, 1.82) is 0 Å². The Balaban J connectivity index is 1.53. The lowest BCUT2D eigenvalue weighted by molar-refractivity contribution is 0.0672. The zero-order chi connectivity index (χ0) is 18.6. The van der Waals surface area contributed by atoms with Crippen molar-refractivity contribution < 1.29 is 13.9 Å². The molecule has 0 unspecified atom stereocenters. The Morgan fingerprint density at radius 2 is 1.78 bits per heavy atom. The largest absolute Gasteiger partial charge is 0.376 e. The van der Waals surface area contributed by atoms with Gasteiger partial charge in [-0.15, -0.1) is 0 Å². The molecule has 0 bridgehead atoms. The van der Waals surface area contributed by atoms with Crippen molar-refractivity contribution >= 4 is 5.91 Å². The second kappa shape index (κ2) is 7.76. The summed E-state index contributed by atoms with van der Waals surface area (Å²) in [4.78, 5) is 12.8. The van der Waals surface area contributed by atoms with Crippen LogP contribution >= 0.6 is 0 Å². The monoisotopic (exact) mass is 364 g/mol. The summed E-state index contributed by atoms with van der Waals surface area (Å²) in [6.07, 6.45) is 5.64. The molecule has 1 saturated heterocycles. The Morgan fingerprint density at radius 3 is 2.41 bits per heavy atom. The predicted molar refractivity (Wildman–Crippen MR) is 101 cm³/mol. The van der Waals surface area contributed by atoms with Gasteiger partial charge >= 0.3 is 0 Å². The molecule has 3 aromatic rings. The van der Waals surface area contributed by atoms with Gasteiger partial charge in [0.2, 0.25) is 0 Å². The van der Waals surface area contributed by atoms with Crippen LogP contribution in [-0.2, 0) is 4.74 Å². The number of aromatic nitrogens is 1. The number of halogens is 1. The lowest BCUT2D eigenvalue weighted by atomic mass is 9.98. The summed E-state index contributed by atoms with van der Waals surface area (Å²) in [5, 5.41) is 3.07. The number of hydrogen-bond donors (Lipinski definition) is 1. The van der Waals surface area contributed by atoms with Crippen LogP contribution in [0, 0.1) is 5.82 Å². The van der Waals surface area contributed by atoms with E-state index < -0.39 is 0 Å². The van der Waals surface area contributed by atoms with Gasteiger partial charge in [-0.2, -0.15) is 0 Å². The number of nitrogens with one attached hydrogen (secondary N) is 1. The van der Waals surface area contributed by atoms with Gasteiger partial charge < -0.3 is 14.6 Å². The van der Waals surface area contributed by atoms with Crippen LogP contribution in [0.15, 0.2) is 73.1 Å². The number of ether oxygens (including phenoxy) is 1. The molecule has 1 aliphatic rings. The van der Waals surface area contributed by atoms with Crippen molar-refractivity contribution in [2.75, 3.05) is 6.61 Å². The Hall–Kier alpha value is -2.92. The summed E-state index contributed by atoms with van der Waals surface area (Å²) in [5.74, 6) is -0.462. The Bertz CT molecular complexity index is 883. The van der Waals surface area contributed by atoms with Gasteiger partial charge in [0.1, 0.15) is 5.82 Å². The summed E-state index contributed by atoms with van der Waals surface area (Å²) < 4.78 is 21.1. The number of nitrogens with zero attached hydrogens (tertiary/aromatic N) is 1. The molecular weight excluding hydrogens is 343 g/mol. The fourth-order valence-corrected chi connectivity index (χ4v) is 3.44. The second-order valence-electron chi connectivity index (χ2n) is 6.69. The average Bonchev–Trinajstić information content (AvgIpc) is 3.41. The van der Waals surface area contributed by atoms with E-state index >= 15 is 0 Å². The minimum absolute atomic E-state index is 0.0986. The van der Waals surface area contributed by atoms with Crippen molar-refractivity contribution in [3.05, 3.63) is 90.0 Å². The second-order valence-corrected chi connectivity index (χ2v) is 6.69. The molecule has 1 aliphatic heterocycles. The predicted octanol–water partition coefficient (Wildman–Crippen LogP) is 4.27. The van der Waals surface area contributed by atoms with E-state index in [4.69, 9.17) is 4.74 Å². The molecule has 0 spiro atoms. The maximum atomic E-state index is 13.3. The molecule has 1 N–H and O–H groups in total. The Morgan fingerprint density at radius 1 is 1.07 bits per heavy atom. The first-order valence-electron chi connectivity index (χ1n) is 9.12. The van der Waals surface area contributed by atoms with Gasteiger partial charge in [-0.1, -0.05) is 12.1 Å². The van der Waals surface area contributed by atoms with Crippen LogP contribution in [0.25, 0.3) is 5.69 Å². The van der Waals surface area contributed by atoms with E-state index in [9.17, 15) is 9.18 Å². The molecule has 2 atom stereocenters. The SMILES string of the molecule is O=C(N[C@H](c1ccc(F)cc1)[C@@H]1CCCO1)c1ccc(-n2cccc2)cc1. The highest BCUT2D eigenvalue weighted by atomic mass is 19.1. The molecule has 5 heteroatoms. The summed E-state index contributed by atoms with van der Waals surface area (Å²) in [7, 11) is 0. The molecule has 0 aliphatic carbocycles. The standard InChI is InChI=1S/C22H21FN2O2/c23-18-9-5-16(6-10-18)21(20-4-3-15-27-20)24-22(26)17-7-11-19(12-8-17)25-13-1-2-14-25/h1-2,5-14,20-21H,3-4,15H2,(H,24,26)/t20-,21+/m0/s1. The zero-order valence-corrected chi connectivity index (χ0v) is 14.8. The highest BCUT2D eigenvalue weighted by Crippen LogP contribution is 2.27. The van der Waals surface area contributed by atoms with Gasteiger partial charge in [0, 0.05) is 30.3 Å². The van der Waals surface area contributed by atoms with Gasteiger partial charge in [-0.25, -0.2) is 4.39 Å². The lowest BCUT2D eigenvalue weighted by Crippen LogP contribution is -2.36. The lowest BCUT2D eigenvalue weighted by Gasteiger charge is -2.25. The molecule has 138 valence electrons. The number of rotatable bonds is 5. The number of hydrogen-bond acceptors (Lipinski definition) is 2. The molecule has 0 saturated carbocycles. The first-order chi connectivity index (χ1) is 13.2. The fraction of sp³-hybridized carbons (Fsp3) is 0.227. The van der Waals surface area contributed by atoms with Crippen LogP contribution in [0.5, 0.6) is 0 Å². The molecular formula is C22H21FN2O2. The fourth-order valence-electron chi connectivity index (χ4n) is 3.44. The zero-order valence-electron chi connectivity index (χ0n) is 14.8. The van der Waals surface area contributed by atoms with E-state index in [1.807, 2.05) is 53.4 Å². The van der Waals surface area contributed by atoms with Crippen molar-refractivity contribution in [2.24, 2.45) is 0 Å². The van der Waals surface area contributed by atoms with Crippen LogP contribution in [0.4, 0.5) is 4.39 Å². The summed E-state index contributed by atoms with van der Waals surface area (Å²) in [6, 6.07) is 17.3. The maximum absolute atomic E-state index is 13.3. The molecule has 1 aromatic heterocycles. The van der Waals surface area contributed by atoms with Crippen LogP contribution in [0.1, 0.15) is 34.8 Å². The van der Waals surface area contributed by atoms with Crippen molar-refractivity contribution in [3.8, 4) is 5.69 Å². The third-order valence-electron chi connectivity index (χ3n) is 4.88. The molecule has 2 heterocycles. The topological polar surface area (TPSA) is 43.3 Å². The summed E-state index contributed by atoms with van der Waals surface area (Å²) >= 11 is 0. The first kappa shape index (κ1) is 17.5. The van der Waals surface area contributed by atoms with Gasteiger partial charge in [0.15, 0.2) is 0 Å². The Kier molecular flexibility index (Phi) is 5.03. The number of benzene rings is 2. The van der Waals surface area contributed by atoms with Crippen LogP contribution < -0.4 is 5.32 Å². The molecule has 2 aromatic carbocycles. The van der Waals surface area contributed by atoms with Gasteiger partial charge in [0.05, 0.1) is 12.1 Å². The summed E-state index contributed by atoms with van der Waals surface area (Å²) in [6.45, 7) is 0.684. The van der Waals surface area contributed by atoms with Crippen LogP contribution in [0.3, 0.4) is 0 Å². The van der Waals surface area contributed by atoms with Gasteiger partial charge in [0.25, 0.3) is 5.91 Å². The molecule has 1 fully saturated rings. The van der Waals surface area contributed by atoms with E-state index in [-0.39, 0.29) is 23.9 Å². The van der Waals surface area contributed by atoms with E-state index in [1.54, 1.807) is 12.1 Å². The third kappa shape index (κ3) is 3.93. The quantitative estimate of drug-likeness (QED) is 0.735.